The predicted molar refractivity (Wildman–Crippen MR) is 157 cm³/mol. The molecule has 0 fully saturated rings. The fourth-order valence-corrected chi connectivity index (χ4v) is 4.69. The first-order valence-electron chi connectivity index (χ1n) is 14.2. The molecule has 41 heavy (non-hydrogen) atoms. The number of unbranched alkanes of at least 4 members (excludes halogenated alkanes) is 1. The number of aryl methyl sites for hydroxylation is 1. The standard InChI is InChI=1S/C32H29NO7S/c1-21(30(36)29-27(34)19-25(39-31(29)37)12-8-3-4-9-13-28(35)38-2)18-26-20-33-32(41-26)40-24-16-14-23(15-17-24)22-10-6-5-7-11-22/h4-7,9-11,14-20,34H,3,8,12-13H2,1-2H3/b9-4+,21-18+/i2D3. The number of ether oxygens (including phenoxy) is 2. The number of methoxy groups -OCH3 is 1. The molecule has 0 bridgehead atoms. The van der Waals surface area contributed by atoms with Gasteiger partial charge in [-0.2, -0.15) is 0 Å². The quantitative estimate of drug-likeness (QED) is 0.0633. The fourth-order valence-electron chi connectivity index (χ4n) is 3.90. The summed E-state index contributed by atoms with van der Waals surface area (Å²) in [6.07, 6.45) is 7.36. The molecule has 0 saturated carbocycles. The average molecular weight is 575 g/mol. The van der Waals surface area contributed by atoms with Crippen LogP contribution in [-0.2, 0) is 16.0 Å². The van der Waals surface area contributed by atoms with Crippen molar-refractivity contribution in [2.45, 2.75) is 32.6 Å². The number of allylic oxidation sites excluding steroid dienone is 2. The van der Waals surface area contributed by atoms with Gasteiger partial charge in [-0.1, -0.05) is 66.0 Å². The van der Waals surface area contributed by atoms with E-state index in [2.05, 4.69) is 9.72 Å². The summed E-state index contributed by atoms with van der Waals surface area (Å²) in [6.45, 7) is 1.53. The number of carbonyl (C=O) groups excluding carboxylic acids is 2. The van der Waals surface area contributed by atoms with Gasteiger partial charge >= 0.3 is 11.6 Å². The van der Waals surface area contributed by atoms with Crippen molar-refractivity contribution in [1.29, 1.82) is 0 Å². The molecule has 0 unspecified atom stereocenters. The van der Waals surface area contributed by atoms with Crippen molar-refractivity contribution in [2.75, 3.05) is 7.04 Å². The molecule has 0 radical (unpaired) electrons. The van der Waals surface area contributed by atoms with Gasteiger partial charge in [0.25, 0.3) is 5.19 Å². The minimum atomic E-state index is -2.77. The van der Waals surface area contributed by atoms with Crippen LogP contribution >= 0.6 is 11.3 Å². The predicted octanol–water partition coefficient (Wildman–Crippen LogP) is 6.99. The fraction of sp³-hybridized carbons (Fsp3) is 0.188. The van der Waals surface area contributed by atoms with Gasteiger partial charge in [-0.05, 0) is 54.7 Å². The van der Waals surface area contributed by atoms with Crippen molar-refractivity contribution in [3.05, 3.63) is 111 Å². The summed E-state index contributed by atoms with van der Waals surface area (Å²) in [6, 6.07) is 18.8. The summed E-state index contributed by atoms with van der Waals surface area (Å²) in [5.41, 5.74) is 0.935. The maximum atomic E-state index is 13.0. The molecule has 0 aliphatic rings. The number of carbonyl (C=O) groups is 2. The van der Waals surface area contributed by atoms with Gasteiger partial charge in [-0.25, -0.2) is 9.78 Å². The van der Waals surface area contributed by atoms with E-state index < -0.39 is 35.7 Å². The molecule has 8 nitrogen and oxygen atoms in total. The molecule has 1 N–H and O–H groups in total. The third-order valence-corrected chi connectivity index (χ3v) is 6.78. The molecule has 2 heterocycles. The largest absolute Gasteiger partial charge is 0.507 e. The van der Waals surface area contributed by atoms with Gasteiger partial charge in [0.1, 0.15) is 22.8 Å². The second kappa shape index (κ2) is 14.0. The third kappa shape index (κ3) is 8.12. The Morgan fingerprint density at radius 3 is 2.59 bits per heavy atom. The molecule has 0 atom stereocenters. The zero-order valence-electron chi connectivity index (χ0n) is 25.2. The Balaban J connectivity index is 1.32. The van der Waals surface area contributed by atoms with E-state index in [0.717, 1.165) is 11.1 Å². The lowest BCUT2D eigenvalue weighted by molar-refractivity contribution is -0.139. The van der Waals surface area contributed by atoms with Crippen LogP contribution in [0.3, 0.4) is 0 Å². The van der Waals surface area contributed by atoms with Crippen LogP contribution in [-0.4, -0.2) is 28.9 Å². The van der Waals surface area contributed by atoms with Gasteiger partial charge in [0.15, 0.2) is 5.78 Å². The molecule has 0 saturated heterocycles. The molecule has 4 rings (SSSR count). The van der Waals surface area contributed by atoms with Gasteiger partial charge < -0.3 is 19.0 Å². The first-order valence-corrected chi connectivity index (χ1v) is 13.5. The van der Waals surface area contributed by atoms with E-state index in [-0.39, 0.29) is 24.2 Å². The highest BCUT2D eigenvalue weighted by Crippen LogP contribution is 2.30. The smallest absolute Gasteiger partial charge is 0.351 e. The summed E-state index contributed by atoms with van der Waals surface area (Å²) in [5.74, 6) is -1.22. The maximum Gasteiger partial charge on any atom is 0.351 e. The van der Waals surface area contributed by atoms with Crippen LogP contribution in [0, 0.1) is 0 Å². The number of thiazole rings is 1. The molecule has 4 aromatic rings. The van der Waals surface area contributed by atoms with Crippen molar-refractivity contribution in [3.8, 4) is 27.8 Å². The van der Waals surface area contributed by atoms with E-state index in [1.165, 1.54) is 30.4 Å². The Hall–Kier alpha value is -4.76. The highest BCUT2D eigenvalue weighted by Gasteiger charge is 2.21. The van der Waals surface area contributed by atoms with Crippen LogP contribution < -0.4 is 10.4 Å². The topological polar surface area (TPSA) is 116 Å². The van der Waals surface area contributed by atoms with Crippen LogP contribution in [0.4, 0.5) is 0 Å². The van der Waals surface area contributed by atoms with Gasteiger partial charge in [0, 0.05) is 18.7 Å². The van der Waals surface area contributed by atoms with E-state index in [1.807, 2.05) is 54.6 Å². The van der Waals surface area contributed by atoms with Gasteiger partial charge in [0.2, 0.25) is 0 Å². The van der Waals surface area contributed by atoms with Crippen LogP contribution in [0.5, 0.6) is 16.7 Å². The van der Waals surface area contributed by atoms with Crippen molar-refractivity contribution in [1.82, 2.24) is 4.98 Å². The number of hydrogen-bond acceptors (Lipinski definition) is 9. The van der Waals surface area contributed by atoms with E-state index in [4.69, 9.17) is 13.3 Å². The summed E-state index contributed by atoms with van der Waals surface area (Å²) in [4.78, 5) is 41.9. The van der Waals surface area contributed by atoms with Gasteiger partial charge in [-0.15, -0.1) is 0 Å². The molecule has 210 valence electrons. The summed E-state index contributed by atoms with van der Waals surface area (Å²) in [5, 5.41) is 10.8. The van der Waals surface area contributed by atoms with Crippen LogP contribution in [0.1, 0.15) is 51.3 Å². The molecule has 0 amide bonds. The first-order chi connectivity index (χ1) is 21.0. The zero-order chi connectivity index (χ0) is 31.7. The second-order valence-corrected chi connectivity index (χ2v) is 10.0. The lowest BCUT2D eigenvalue weighted by Crippen LogP contribution is -2.16. The number of aromatic nitrogens is 1. The van der Waals surface area contributed by atoms with E-state index in [0.29, 0.717) is 28.7 Å². The first kappa shape index (κ1) is 25.2. The molecule has 0 spiro atoms. The molecular formula is C32H29NO7S. The minimum absolute atomic E-state index is 0.184. The minimum Gasteiger partial charge on any atom is -0.507 e. The van der Waals surface area contributed by atoms with E-state index in [1.54, 1.807) is 18.3 Å². The maximum absolute atomic E-state index is 13.0. The molecule has 9 heteroatoms. The number of Topliss-reactive ketones (excluding diaryl/α,β-unsaturated/α-hetero) is 1. The van der Waals surface area contributed by atoms with Gasteiger partial charge in [0.05, 0.1) is 22.4 Å². The second-order valence-electron chi connectivity index (χ2n) is 8.98. The summed E-state index contributed by atoms with van der Waals surface area (Å²) in [7, 11) is -2.77. The van der Waals surface area contributed by atoms with Crippen LogP contribution in [0.2, 0.25) is 0 Å². The number of rotatable bonds is 12. The Morgan fingerprint density at radius 2 is 1.85 bits per heavy atom. The summed E-state index contributed by atoms with van der Waals surface area (Å²) >= 11 is 1.22. The molecule has 2 aromatic heterocycles. The number of benzene rings is 2. The molecule has 0 aliphatic carbocycles. The number of hydrogen-bond donors (Lipinski definition) is 1. The molecule has 0 aliphatic heterocycles. The van der Waals surface area contributed by atoms with Crippen molar-refractivity contribution >= 4 is 29.2 Å². The normalized spacial score (nSPS) is 12.9. The number of esters is 1. The lowest BCUT2D eigenvalue weighted by Gasteiger charge is -2.05. The van der Waals surface area contributed by atoms with Crippen molar-refractivity contribution in [2.24, 2.45) is 0 Å². The Kier molecular flexibility index (Phi) is 8.64. The van der Waals surface area contributed by atoms with Crippen molar-refractivity contribution < 1.29 is 32.7 Å². The Labute approximate surface area is 245 Å². The molecule has 2 aromatic carbocycles. The monoisotopic (exact) mass is 574 g/mol. The highest BCUT2D eigenvalue weighted by atomic mass is 32.1. The van der Waals surface area contributed by atoms with E-state index in [9.17, 15) is 19.5 Å². The Bertz CT molecular complexity index is 1720. The third-order valence-electron chi connectivity index (χ3n) is 5.95. The van der Waals surface area contributed by atoms with Crippen molar-refractivity contribution in [3.63, 3.8) is 0 Å². The average Bonchev–Trinajstić information content (AvgIpc) is 3.40. The number of nitrogens with zero attached hydrogens (tertiary/aromatic N) is 1. The highest BCUT2D eigenvalue weighted by molar-refractivity contribution is 7.14. The number of ketones is 1. The van der Waals surface area contributed by atoms with Crippen LogP contribution in [0.15, 0.2) is 93.8 Å². The van der Waals surface area contributed by atoms with E-state index >= 15 is 0 Å². The molecular weight excluding hydrogens is 542 g/mol. The van der Waals surface area contributed by atoms with Gasteiger partial charge in [-0.3, -0.25) is 9.59 Å². The number of aromatic hydroxyl groups is 1. The van der Waals surface area contributed by atoms with Crippen LogP contribution in [0.25, 0.3) is 17.2 Å². The Morgan fingerprint density at radius 1 is 1.10 bits per heavy atom. The summed E-state index contributed by atoms with van der Waals surface area (Å²) < 4.78 is 36.0. The SMILES string of the molecule is [2H]C([2H])([2H])OC(=O)C/C=C/CCCc1cc(O)c(C(=O)/C(C)=C/c2cnc(Oc3ccc(-c4ccccc4)cc3)s2)c(=O)o1. The zero-order valence-corrected chi connectivity index (χ0v) is 23.0. The lowest BCUT2D eigenvalue weighted by atomic mass is 10.0.